The number of aryl methyl sites for hydroxylation is 1. The molecule has 0 spiro atoms. The largest absolute Gasteiger partial charge is 0.487 e. The monoisotopic (exact) mass is 381 g/mol. The Morgan fingerprint density at radius 1 is 1.20 bits per heavy atom. The standard InChI is InChI=1S/C15H12INO3/c1-10-13(9-19-12-6-4-11(16)5-7-12)17-15(20-10)14-3-2-8-18-14/h2-8H,9H2,1H3. The zero-order valence-electron chi connectivity index (χ0n) is 10.8. The average molecular weight is 381 g/mol. The number of furan rings is 1. The van der Waals surface area contributed by atoms with Gasteiger partial charge in [0.15, 0.2) is 5.76 Å². The van der Waals surface area contributed by atoms with Gasteiger partial charge in [0.05, 0.1) is 6.26 Å². The molecule has 0 aliphatic heterocycles. The van der Waals surface area contributed by atoms with Gasteiger partial charge in [-0.25, -0.2) is 4.98 Å². The molecule has 0 fully saturated rings. The average Bonchev–Trinajstić information content (AvgIpc) is 3.08. The summed E-state index contributed by atoms with van der Waals surface area (Å²) in [4.78, 5) is 4.40. The smallest absolute Gasteiger partial charge is 0.263 e. The molecule has 0 saturated heterocycles. The van der Waals surface area contributed by atoms with Crippen molar-refractivity contribution in [3.05, 3.63) is 57.7 Å². The van der Waals surface area contributed by atoms with E-state index in [-0.39, 0.29) is 0 Å². The highest BCUT2D eigenvalue weighted by molar-refractivity contribution is 14.1. The van der Waals surface area contributed by atoms with E-state index in [1.807, 2.05) is 37.3 Å². The van der Waals surface area contributed by atoms with E-state index in [4.69, 9.17) is 13.6 Å². The molecule has 0 unspecified atom stereocenters. The molecule has 0 amide bonds. The number of rotatable bonds is 4. The minimum absolute atomic E-state index is 0.372. The molecule has 4 nitrogen and oxygen atoms in total. The van der Waals surface area contributed by atoms with Crippen molar-refractivity contribution in [2.24, 2.45) is 0 Å². The molecule has 0 radical (unpaired) electrons. The SMILES string of the molecule is Cc1oc(-c2ccco2)nc1COc1ccc(I)cc1. The molecule has 5 heteroatoms. The van der Waals surface area contributed by atoms with Crippen molar-refractivity contribution in [2.75, 3.05) is 0 Å². The fourth-order valence-electron chi connectivity index (χ4n) is 1.75. The van der Waals surface area contributed by atoms with Crippen LogP contribution in [0.2, 0.25) is 0 Å². The number of ether oxygens (including phenoxy) is 1. The van der Waals surface area contributed by atoms with Crippen LogP contribution in [0.3, 0.4) is 0 Å². The Labute approximate surface area is 129 Å². The van der Waals surface area contributed by atoms with Gasteiger partial charge in [0.1, 0.15) is 23.8 Å². The summed E-state index contributed by atoms with van der Waals surface area (Å²) in [6.45, 7) is 2.24. The lowest BCUT2D eigenvalue weighted by atomic mass is 10.3. The number of hydrogen-bond acceptors (Lipinski definition) is 4. The number of halogens is 1. The molecule has 3 aromatic rings. The molecular weight excluding hydrogens is 369 g/mol. The van der Waals surface area contributed by atoms with Gasteiger partial charge in [-0.3, -0.25) is 0 Å². The van der Waals surface area contributed by atoms with Gasteiger partial charge < -0.3 is 13.6 Å². The van der Waals surface area contributed by atoms with Gasteiger partial charge >= 0.3 is 0 Å². The number of hydrogen-bond donors (Lipinski definition) is 0. The minimum atomic E-state index is 0.372. The summed E-state index contributed by atoms with van der Waals surface area (Å²) in [7, 11) is 0. The molecule has 102 valence electrons. The molecule has 0 saturated carbocycles. The fraction of sp³-hybridized carbons (Fsp3) is 0.133. The first-order valence-electron chi connectivity index (χ1n) is 6.11. The molecule has 0 aliphatic rings. The summed E-state index contributed by atoms with van der Waals surface area (Å²) >= 11 is 2.26. The second kappa shape index (κ2) is 5.70. The molecule has 0 aliphatic carbocycles. The first-order chi connectivity index (χ1) is 9.72. The lowest BCUT2D eigenvalue weighted by molar-refractivity contribution is 0.299. The molecule has 3 rings (SSSR count). The number of benzene rings is 1. The highest BCUT2D eigenvalue weighted by Gasteiger charge is 2.13. The first kappa shape index (κ1) is 13.2. The topological polar surface area (TPSA) is 48.4 Å². The summed E-state index contributed by atoms with van der Waals surface area (Å²) in [6, 6.07) is 11.5. The Hall–Kier alpha value is -1.76. The van der Waals surface area contributed by atoms with Crippen LogP contribution in [-0.2, 0) is 6.61 Å². The number of nitrogens with zero attached hydrogens (tertiary/aromatic N) is 1. The summed E-state index contributed by atoms with van der Waals surface area (Å²) < 4.78 is 17.7. The Kier molecular flexibility index (Phi) is 3.77. The summed E-state index contributed by atoms with van der Waals surface area (Å²) in [5.74, 6) is 2.65. The van der Waals surface area contributed by atoms with E-state index in [0.717, 1.165) is 17.2 Å². The second-order valence-electron chi connectivity index (χ2n) is 4.24. The lowest BCUT2D eigenvalue weighted by Gasteiger charge is -2.04. The Balaban J connectivity index is 1.73. The van der Waals surface area contributed by atoms with Gasteiger partial charge in [-0.1, -0.05) is 0 Å². The predicted molar refractivity (Wildman–Crippen MR) is 82.4 cm³/mol. The highest BCUT2D eigenvalue weighted by atomic mass is 127. The van der Waals surface area contributed by atoms with Crippen LogP contribution < -0.4 is 4.74 Å². The van der Waals surface area contributed by atoms with Gasteiger partial charge in [-0.05, 0) is 65.9 Å². The third-order valence-corrected chi connectivity index (χ3v) is 3.53. The van der Waals surface area contributed by atoms with E-state index in [1.165, 1.54) is 3.57 Å². The van der Waals surface area contributed by atoms with Gasteiger partial charge in [-0.15, -0.1) is 0 Å². The van der Waals surface area contributed by atoms with E-state index in [2.05, 4.69) is 27.6 Å². The molecule has 1 aromatic carbocycles. The first-order valence-corrected chi connectivity index (χ1v) is 7.19. The summed E-state index contributed by atoms with van der Waals surface area (Å²) in [5.41, 5.74) is 0.773. The Bertz CT molecular complexity index is 686. The van der Waals surface area contributed by atoms with Crippen LogP contribution in [0.4, 0.5) is 0 Å². The van der Waals surface area contributed by atoms with Crippen LogP contribution >= 0.6 is 22.6 Å². The summed E-state index contributed by atoms with van der Waals surface area (Å²) in [6.07, 6.45) is 1.59. The predicted octanol–water partition coefficient (Wildman–Crippen LogP) is 4.43. The molecule has 0 N–H and O–H groups in total. The van der Waals surface area contributed by atoms with Crippen molar-refractivity contribution in [1.29, 1.82) is 0 Å². The van der Waals surface area contributed by atoms with E-state index in [1.54, 1.807) is 12.3 Å². The quantitative estimate of drug-likeness (QED) is 0.628. The van der Waals surface area contributed by atoms with Crippen LogP contribution in [-0.4, -0.2) is 4.98 Å². The number of aromatic nitrogens is 1. The molecule has 20 heavy (non-hydrogen) atoms. The van der Waals surface area contributed by atoms with E-state index >= 15 is 0 Å². The van der Waals surface area contributed by atoms with Gasteiger partial charge in [0.25, 0.3) is 5.89 Å². The normalized spacial score (nSPS) is 10.7. The minimum Gasteiger partial charge on any atom is -0.487 e. The van der Waals surface area contributed by atoms with Gasteiger partial charge in [0, 0.05) is 3.57 Å². The molecule has 0 bridgehead atoms. The van der Waals surface area contributed by atoms with Gasteiger partial charge in [0.2, 0.25) is 0 Å². The lowest BCUT2D eigenvalue weighted by Crippen LogP contribution is -1.97. The van der Waals surface area contributed by atoms with Crippen molar-refractivity contribution >= 4 is 22.6 Å². The van der Waals surface area contributed by atoms with Crippen LogP contribution in [0.5, 0.6) is 5.75 Å². The van der Waals surface area contributed by atoms with Crippen molar-refractivity contribution in [3.63, 3.8) is 0 Å². The zero-order valence-corrected chi connectivity index (χ0v) is 13.0. The zero-order chi connectivity index (χ0) is 13.9. The Morgan fingerprint density at radius 3 is 2.70 bits per heavy atom. The third-order valence-electron chi connectivity index (χ3n) is 2.81. The van der Waals surface area contributed by atoms with E-state index in [9.17, 15) is 0 Å². The second-order valence-corrected chi connectivity index (χ2v) is 5.49. The van der Waals surface area contributed by atoms with Crippen LogP contribution in [0, 0.1) is 10.5 Å². The molecule has 0 atom stereocenters. The molecular formula is C15H12INO3. The Morgan fingerprint density at radius 2 is 2.00 bits per heavy atom. The van der Waals surface area contributed by atoms with Crippen molar-refractivity contribution in [2.45, 2.75) is 13.5 Å². The maximum Gasteiger partial charge on any atom is 0.263 e. The summed E-state index contributed by atoms with van der Waals surface area (Å²) in [5, 5.41) is 0. The third kappa shape index (κ3) is 2.87. The number of oxazole rings is 1. The maximum atomic E-state index is 5.70. The van der Waals surface area contributed by atoms with Crippen molar-refractivity contribution in [1.82, 2.24) is 4.98 Å². The van der Waals surface area contributed by atoms with Crippen LogP contribution in [0.15, 0.2) is 51.5 Å². The maximum absolute atomic E-state index is 5.70. The van der Waals surface area contributed by atoms with Crippen molar-refractivity contribution in [3.8, 4) is 17.4 Å². The van der Waals surface area contributed by atoms with E-state index < -0.39 is 0 Å². The fourth-order valence-corrected chi connectivity index (χ4v) is 2.11. The highest BCUT2D eigenvalue weighted by Crippen LogP contribution is 2.23. The van der Waals surface area contributed by atoms with Gasteiger partial charge in [-0.2, -0.15) is 0 Å². The molecule has 2 heterocycles. The molecule has 2 aromatic heterocycles. The van der Waals surface area contributed by atoms with Crippen LogP contribution in [0.25, 0.3) is 11.7 Å². The van der Waals surface area contributed by atoms with Crippen LogP contribution in [0.1, 0.15) is 11.5 Å². The van der Waals surface area contributed by atoms with Crippen molar-refractivity contribution < 1.29 is 13.6 Å². The van der Waals surface area contributed by atoms with E-state index in [0.29, 0.717) is 18.3 Å².